The molecule has 1 aromatic heterocycles. The number of morpholine rings is 1. The quantitative estimate of drug-likeness (QED) is 0.792. The van der Waals surface area contributed by atoms with E-state index in [0.717, 1.165) is 25.0 Å². The molecule has 1 aliphatic carbocycles. The predicted molar refractivity (Wildman–Crippen MR) is 96.6 cm³/mol. The Morgan fingerprint density at radius 1 is 1.37 bits per heavy atom. The van der Waals surface area contributed by atoms with Gasteiger partial charge in [-0.1, -0.05) is 6.92 Å². The van der Waals surface area contributed by atoms with Crippen molar-refractivity contribution < 1.29 is 23.0 Å². The standard InChI is InChI=1S/C19H20F2N2O3S/c1-19(3-4-19)18(24)23-5-6-26-16(9-23)17-22-14(10-27-17)11-7-12(20)13(21)8-15(11)25-2/h7-8,10,16H,3-6,9H2,1-2H3. The molecule has 27 heavy (non-hydrogen) atoms. The van der Waals surface area contributed by atoms with Crippen LogP contribution in [0.15, 0.2) is 17.5 Å². The number of methoxy groups -OCH3 is 1. The Labute approximate surface area is 159 Å². The third kappa shape index (κ3) is 3.43. The van der Waals surface area contributed by atoms with Crippen molar-refractivity contribution >= 4 is 17.2 Å². The second kappa shape index (κ2) is 6.83. The summed E-state index contributed by atoms with van der Waals surface area (Å²) >= 11 is 1.37. The molecular weight excluding hydrogens is 374 g/mol. The number of ether oxygens (including phenoxy) is 2. The zero-order chi connectivity index (χ0) is 19.2. The van der Waals surface area contributed by atoms with Gasteiger partial charge in [-0.15, -0.1) is 11.3 Å². The second-order valence-electron chi connectivity index (χ2n) is 7.21. The highest BCUT2D eigenvalue weighted by atomic mass is 32.1. The fourth-order valence-corrected chi connectivity index (χ4v) is 4.08. The molecule has 0 N–H and O–H groups in total. The Hall–Kier alpha value is -2.06. The van der Waals surface area contributed by atoms with Gasteiger partial charge in [0.2, 0.25) is 5.91 Å². The molecule has 5 nitrogen and oxygen atoms in total. The van der Waals surface area contributed by atoms with E-state index < -0.39 is 11.6 Å². The molecular formula is C19H20F2N2O3S. The number of amides is 1. The third-order valence-corrected chi connectivity index (χ3v) is 6.12. The van der Waals surface area contributed by atoms with Gasteiger partial charge in [0.15, 0.2) is 11.6 Å². The molecule has 4 rings (SSSR count). The highest BCUT2D eigenvalue weighted by molar-refractivity contribution is 7.10. The summed E-state index contributed by atoms with van der Waals surface area (Å²) < 4.78 is 38.1. The Balaban J connectivity index is 1.56. The van der Waals surface area contributed by atoms with E-state index in [1.54, 1.807) is 5.38 Å². The largest absolute Gasteiger partial charge is 0.496 e. The van der Waals surface area contributed by atoms with Crippen molar-refractivity contribution in [1.29, 1.82) is 0 Å². The van der Waals surface area contributed by atoms with E-state index in [2.05, 4.69) is 4.98 Å². The monoisotopic (exact) mass is 394 g/mol. The lowest BCUT2D eigenvalue weighted by molar-refractivity contribution is -0.144. The number of rotatable bonds is 4. The molecule has 1 saturated heterocycles. The summed E-state index contributed by atoms with van der Waals surface area (Å²) in [6.45, 7) is 3.49. The van der Waals surface area contributed by atoms with E-state index in [1.807, 2.05) is 11.8 Å². The number of hydrogen-bond acceptors (Lipinski definition) is 5. The number of nitrogens with zero attached hydrogens (tertiary/aromatic N) is 2. The zero-order valence-electron chi connectivity index (χ0n) is 15.1. The highest BCUT2D eigenvalue weighted by Gasteiger charge is 2.48. The number of carbonyl (C=O) groups is 1. The maximum absolute atomic E-state index is 13.7. The van der Waals surface area contributed by atoms with Gasteiger partial charge in [0.1, 0.15) is 16.9 Å². The number of carbonyl (C=O) groups excluding carboxylic acids is 1. The minimum Gasteiger partial charge on any atom is -0.496 e. The van der Waals surface area contributed by atoms with E-state index in [9.17, 15) is 13.6 Å². The lowest BCUT2D eigenvalue weighted by Gasteiger charge is -2.33. The molecule has 1 atom stereocenters. The van der Waals surface area contributed by atoms with Crippen LogP contribution in [0.5, 0.6) is 5.75 Å². The number of halogens is 2. The molecule has 2 aliphatic rings. The summed E-state index contributed by atoms with van der Waals surface area (Å²) in [5.41, 5.74) is 0.662. The summed E-state index contributed by atoms with van der Waals surface area (Å²) in [6, 6.07) is 2.09. The zero-order valence-corrected chi connectivity index (χ0v) is 15.9. The van der Waals surface area contributed by atoms with Gasteiger partial charge in [-0.3, -0.25) is 4.79 Å². The van der Waals surface area contributed by atoms with Crippen LogP contribution >= 0.6 is 11.3 Å². The number of benzene rings is 1. The Morgan fingerprint density at radius 2 is 2.11 bits per heavy atom. The SMILES string of the molecule is COc1cc(F)c(F)cc1-c1csc(C2CN(C(=O)C3(C)CC3)CCO2)n1. The minimum atomic E-state index is -0.968. The summed E-state index contributed by atoms with van der Waals surface area (Å²) in [7, 11) is 1.40. The minimum absolute atomic E-state index is 0.176. The molecule has 1 aromatic carbocycles. The van der Waals surface area contributed by atoms with Gasteiger partial charge in [-0.05, 0) is 18.9 Å². The van der Waals surface area contributed by atoms with Crippen LogP contribution in [0.1, 0.15) is 30.9 Å². The second-order valence-corrected chi connectivity index (χ2v) is 8.10. The normalized spacial score (nSPS) is 21.2. The van der Waals surface area contributed by atoms with Gasteiger partial charge >= 0.3 is 0 Å². The average Bonchev–Trinajstić information content (AvgIpc) is 3.24. The molecule has 0 bridgehead atoms. The first-order chi connectivity index (χ1) is 12.9. The van der Waals surface area contributed by atoms with Crippen molar-refractivity contribution in [2.75, 3.05) is 26.8 Å². The summed E-state index contributed by atoms with van der Waals surface area (Å²) in [4.78, 5) is 19.0. The van der Waals surface area contributed by atoms with E-state index >= 15 is 0 Å². The molecule has 2 heterocycles. The molecule has 1 saturated carbocycles. The first-order valence-electron chi connectivity index (χ1n) is 8.81. The van der Waals surface area contributed by atoms with Crippen molar-refractivity contribution in [2.45, 2.75) is 25.9 Å². The van der Waals surface area contributed by atoms with Crippen molar-refractivity contribution in [1.82, 2.24) is 9.88 Å². The van der Waals surface area contributed by atoms with Gasteiger partial charge < -0.3 is 14.4 Å². The van der Waals surface area contributed by atoms with Crippen LogP contribution in [-0.2, 0) is 9.53 Å². The fraction of sp³-hybridized carbons (Fsp3) is 0.474. The van der Waals surface area contributed by atoms with Gasteiger partial charge in [0.05, 0.1) is 26.0 Å². The predicted octanol–water partition coefficient (Wildman–Crippen LogP) is 3.80. The van der Waals surface area contributed by atoms with Crippen LogP contribution in [0, 0.1) is 17.0 Å². The van der Waals surface area contributed by atoms with Crippen LogP contribution in [0.25, 0.3) is 11.3 Å². The fourth-order valence-electron chi connectivity index (χ4n) is 3.22. The van der Waals surface area contributed by atoms with Crippen LogP contribution in [0.2, 0.25) is 0 Å². The van der Waals surface area contributed by atoms with Gasteiger partial charge in [0.25, 0.3) is 0 Å². The third-order valence-electron chi connectivity index (χ3n) is 5.19. The molecule has 1 aliphatic heterocycles. The topological polar surface area (TPSA) is 51.7 Å². The van der Waals surface area contributed by atoms with Crippen LogP contribution in [-0.4, -0.2) is 42.6 Å². The number of aromatic nitrogens is 1. The summed E-state index contributed by atoms with van der Waals surface area (Å²) in [6.07, 6.45) is 1.55. The van der Waals surface area contributed by atoms with E-state index in [4.69, 9.17) is 9.47 Å². The van der Waals surface area contributed by atoms with Gasteiger partial charge in [-0.2, -0.15) is 0 Å². The van der Waals surface area contributed by atoms with Crippen LogP contribution in [0.3, 0.4) is 0 Å². The lowest BCUT2D eigenvalue weighted by atomic mass is 10.1. The molecule has 2 fully saturated rings. The van der Waals surface area contributed by atoms with E-state index in [1.165, 1.54) is 18.4 Å². The molecule has 1 amide bonds. The maximum Gasteiger partial charge on any atom is 0.228 e. The molecule has 0 radical (unpaired) electrons. The Bertz CT molecular complexity index is 882. The van der Waals surface area contributed by atoms with Crippen molar-refractivity contribution in [3.05, 3.63) is 34.2 Å². The smallest absolute Gasteiger partial charge is 0.228 e. The summed E-state index contributed by atoms with van der Waals surface area (Å²) in [5, 5.41) is 2.46. The Kier molecular flexibility index (Phi) is 4.63. The van der Waals surface area contributed by atoms with E-state index in [0.29, 0.717) is 36.0 Å². The van der Waals surface area contributed by atoms with Gasteiger partial charge in [0, 0.05) is 29.0 Å². The number of hydrogen-bond donors (Lipinski definition) is 0. The first-order valence-corrected chi connectivity index (χ1v) is 9.69. The summed E-state index contributed by atoms with van der Waals surface area (Å²) in [5.74, 6) is -1.53. The molecule has 0 spiro atoms. The molecule has 8 heteroatoms. The van der Waals surface area contributed by atoms with Crippen LogP contribution < -0.4 is 4.74 Å². The van der Waals surface area contributed by atoms with E-state index in [-0.39, 0.29) is 23.2 Å². The lowest BCUT2D eigenvalue weighted by Crippen LogP contribution is -2.45. The molecule has 144 valence electrons. The number of thiazole rings is 1. The molecule has 2 aromatic rings. The van der Waals surface area contributed by atoms with Crippen molar-refractivity contribution in [3.8, 4) is 17.0 Å². The van der Waals surface area contributed by atoms with Crippen molar-refractivity contribution in [2.24, 2.45) is 5.41 Å². The average molecular weight is 394 g/mol. The van der Waals surface area contributed by atoms with Crippen molar-refractivity contribution in [3.63, 3.8) is 0 Å². The maximum atomic E-state index is 13.7. The van der Waals surface area contributed by atoms with Crippen LogP contribution in [0.4, 0.5) is 8.78 Å². The first kappa shape index (κ1) is 18.3. The molecule has 1 unspecified atom stereocenters. The van der Waals surface area contributed by atoms with Gasteiger partial charge in [-0.25, -0.2) is 13.8 Å². The Morgan fingerprint density at radius 3 is 2.81 bits per heavy atom. The highest BCUT2D eigenvalue weighted by Crippen LogP contribution is 2.47.